The van der Waals surface area contributed by atoms with E-state index in [4.69, 9.17) is 0 Å². The zero-order chi connectivity index (χ0) is 31.8. The van der Waals surface area contributed by atoms with E-state index in [1.54, 1.807) is 19.2 Å². The van der Waals surface area contributed by atoms with Gasteiger partial charge in [0.05, 0.1) is 17.6 Å². The van der Waals surface area contributed by atoms with Crippen LogP contribution in [-0.2, 0) is 16.3 Å². The number of aliphatic hydroxyl groups excluding tert-OH is 1. The lowest BCUT2D eigenvalue weighted by molar-refractivity contribution is -0.284. The van der Waals surface area contributed by atoms with E-state index >= 15 is 4.39 Å². The van der Waals surface area contributed by atoms with Gasteiger partial charge in [0, 0.05) is 18.9 Å². The van der Waals surface area contributed by atoms with Gasteiger partial charge in [0.15, 0.2) is 9.84 Å². The lowest BCUT2D eigenvalue weighted by Crippen LogP contribution is -2.51. The molecule has 2 fully saturated rings. The molecule has 7 atom stereocenters. The fraction of sp³-hybridized carbons (Fsp3) is 0.806. The molecule has 0 spiro atoms. The smallest absolute Gasteiger partial charge is 0.453 e. The molecule has 5 nitrogen and oxygen atoms in total. The number of rotatable bonds is 13. The first-order chi connectivity index (χ1) is 19.9. The van der Waals surface area contributed by atoms with Crippen molar-refractivity contribution in [2.45, 2.75) is 101 Å². The van der Waals surface area contributed by atoms with Crippen molar-refractivity contribution in [2.75, 3.05) is 31.6 Å². The van der Waals surface area contributed by atoms with Crippen LogP contribution in [0, 0.1) is 23.2 Å². The van der Waals surface area contributed by atoms with E-state index < -0.39 is 58.2 Å². The number of hydrogen-bond donors (Lipinski definition) is 2. The molecule has 3 aliphatic rings. The van der Waals surface area contributed by atoms with Crippen molar-refractivity contribution in [3.8, 4) is 5.75 Å². The van der Waals surface area contributed by atoms with E-state index in [0.717, 1.165) is 49.7 Å². The lowest BCUT2D eigenvalue weighted by atomic mass is 9.51. The molecular formula is C31H45F6NO4S. The number of benzene rings is 1. The van der Waals surface area contributed by atoms with Crippen LogP contribution >= 0.6 is 0 Å². The molecule has 0 amide bonds. The Kier molecular flexibility index (Phi) is 10.4. The number of phenols is 1. The Bertz CT molecular complexity index is 1210. The minimum Gasteiger partial charge on any atom is -0.508 e. The van der Waals surface area contributed by atoms with Crippen molar-refractivity contribution >= 4 is 9.84 Å². The monoisotopic (exact) mass is 641 g/mol. The molecule has 1 aromatic rings. The van der Waals surface area contributed by atoms with Crippen LogP contribution in [0.2, 0.25) is 0 Å². The highest BCUT2D eigenvalue weighted by atomic mass is 32.2. The molecule has 0 saturated heterocycles. The number of sulfone groups is 1. The highest BCUT2D eigenvalue weighted by Crippen LogP contribution is 2.63. The van der Waals surface area contributed by atoms with Gasteiger partial charge in [-0.15, -0.1) is 0 Å². The molecule has 2 N–H and O–H groups in total. The van der Waals surface area contributed by atoms with Gasteiger partial charge in [-0.3, -0.25) is 0 Å². The molecule has 0 aliphatic heterocycles. The standard InChI is InChI=1S/C31H45F6NO4S/c1-29-19-25(32)28-23-9-8-22(39)18-21(23)17-20(27(28)24(29)10-11-26(29)40)7-4-3-5-13-38(2)14-16-43(41,42)15-6-12-30(33,34)31(35,36)37/h8-9,18,20,24-28,39-40H,3-7,10-17,19H2,1-2H3/t20-,24+,25+,26+,27+,28+,29+/m1/s1. The number of halogens is 6. The van der Waals surface area contributed by atoms with Gasteiger partial charge in [0.1, 0.15) is 11.9 Å². The zero-order valence-corrected chi connectivity index (χ0v) is 25.7. The van der Waals surface area contributed by atoms with Crippen LogP contribution < -0.4 is 0 Å². The highest BCUT2D eigenvalue weighted by molar-refractivity contribution is 7.91. The summed E-state index contributed by atoms with van der Waals surface area (Å²) in [5, 5.41) is 20.9. The van der Waals surface area contributed by atoms with Gasteiger partial charge in [-0.25, -0.2) is 12.8 Å². The number of alkyl halides is 6. The fourth-order valence-electron chi connectivity index (χ4n) is 8.16. The van der Waals surface area contributed by atoms with E-state index in [9.17, 15) is 40.6 Å². The molecule has 0 aromatic heterocycles. The van der Waals surface area contributed by atoms with Crippen LogP contribution in [0.3, 0.4) is 0 Å². The number of hydrogen-bond acceptors (Lipinski definition) is 5. The van der Waals surface area contributed by atoms with E-state index in [2.05, 4.69) is 0 Å². The van der Waals surface area contributed by atoms with Crippen molar-refractivity contribution < 1.29 is 45.0 Å². The quantitative estimate of drug-likeness (QED) is 0.186. The van der Waals surface area contributed by atoms with Crippen LogP contribution in [0.15, 0.2) is 18.2 Å². The van der Waals surface area contributed by atoms with Gasteiger partial charge < -0.3 is 15.1 Å². The maximum Gasteiger partial charge on any atom is 0.453 e. The van der Waals surface area contributed by atoms with Crippen LogP contribution in [-0.4, -0.2) is 79.5 Å². The second-order valence-corrected chi connectivity index (χ2v) is 15.8. The minimum atomic E-state index is -5.69. The topological polar surface area (TPSA) is 77.8 Å². The lowest BCUT2D eigenvalue weighted by Gasteiger charge is -2.54. The SMILES string of the molecule is CN(CCCCC[C@@H]1Cc2cc(O)ccc2[C@@H]2[C@@H]1[C@@H]1CC[C@H](O)[C@@]1(C)C[C@@H]2F)CCS(=O)(=O)CCCC(F)(F)C(F)(F)F. The molecule has 4 rings (SSSR count). The summed E-state index contributed by atoms with van der Waals surface area (Å²) in [6, 6.07) is 5.26. The first-order valence-electron chi connectivity index (χ1n) is 15.4. The molecule has 1 aromatic carbocycles. The summed E-state index contributed by atoms with van der Waals surface area (Å²) >= 11 is 0. The van der Waals surface area contributed by atoms with Gasteiger partial charge >= 0.3 is 12.1 Å². The largest absolute Gasteiger partial charge is 0.508 e. The number of aliphatic hydroxyl groups is 1. The number of unbranched alkanes of at least 4 members (excludes halogenated alkanes) is 2. The number of aromatic hydroxyl groups is 1. The minimum absolute atomic E-state index is 0.118. The number of fused-ring (bicyclic) bond motifs is 5. The van der Waals surface area contributed by atoms with Crippen molar-refractivity contribution in [3.05, 3.63) is 29.3 Å². The van der Waals surface area contributed by atoms with Gasteiger partial charge in [0.2, 0.25) is 0 Å². The third-order valence-corrected chi connectivity index (χ3v) is 12.3. The van der Waals surface area contributed by atoms with Crippen LogP contribution in [0.1, 0.15) is 81.8 Å². The number of phenolic OH excluding ortho intramolecular Hbond substituents is 1. The second kappa shape index (κ2) is 13.1. The third-order valence-electron chi connectivity index (χ3n) is 10.5. The van der Waals surface area contributed by atoms with E-state index in [-0.39, 0.29) is 41.7 Å². The molecule has 2 saturated carbocycles. The van der Waals surface area contributed by atoms with Crippen molar-refractivity contribution in [2.24, 2.45) is 23.2 Å². The molecule has 0 unspecified atom stereocenters. The number of nitrogens with zero attached hydrogens (tertiary/aromatic N) is 1. The van der Waals surface area contributed by atoms with Gasteiger partial charge in [-0.1, -0.05) is 25.8 Å². The highest BCUT2D eigenvalue weighted by Gasteiger charge is 2.60. The first-order valence-corrected chi connectivity index (χ1v) is 17.2. The molecule has 0 heterocycles. The fourth-order valence-corrected chi connectivity index (χ4v) is 9.54. The normalized spacial score (nSPS) is 31.1. The van der Waals surface area contributed by atoms with Crippen molar-refractivity contribution in [1.29, 1.82) is 0 Å². The Morgan fingerprint density at radius 1 is 1.02 bits per heavy atom. The van der Waals surface area contributed by atoms with Crippen LogP contribution in [0.25, 0.3) is 0 Å². The third kappa shape index (κ3) is 7.65. The molecule has 3 aliphatic carbocycles. The molecule has 246 valence electrons. The van der Waals surface area contributed by atoms with Crippen LogP contribution in [0.5, 0.6) is 5.75 Å². The Hall–Kier alpha value is -1.53. The molecule has 0 bridgehead atoms. The summed E-state index contributed by atoms with van der Waals surface area (Å²) in [5.41, 5.74) is 1.55. The predicted octanol–water partition coefficient (Wildman–Crippen LogP) is 6.67. The summed E-state index contributed by atoms with van der Waals surface area (Å²) in [5.74, 6) is -5.42. The van der Waals surface area contributed by atoms with E-state index in [1.807, 2.05) is 17.9 Å². The maximum absolute atomic E-state index is 15.9. The molecular weight excluding hydrogens is 596 g/mol. The Morgan fingerprint density at radius 3 is 2.44 bits per heavy atom. The second-order valence-electron chi connectivity index (χ2n) is 13.5. The Morgan fingerprint density at radius 2 is 1.74 bits per heavy atom. The van der Waals surface area contributed by atoms with Gasteiger partial charge in [-0.2, -0.15) is 22.0 Å². The summed E-state index contributed by atoms with van der Waals surface area (Å²) < 4.78 is 103. The average Bonchev–Trinajstić information content (AvgIpc) is 3.19. The summed E-state index contributed by atoms with van der Waals surface area (Å²) in [7, 11) is -2.01. The Labute approximate surface area is 251 Å². The first kappa shape index (κ1) is 34.3. The summed E-state index contributed by atoms with van der Waals surface area (Å²) in [4.78, 5) is 1.82. The predicted molar refractivity (Wildman–Crippen MR) is 153 cm³/mol. The zero-order valence-electron chi connectivity index (χ0n) is 24.9. The van der Waals surface area contributed by atoms with Crippen molar-refractivity contribution in [3.63, 3.8) is 0 Å². The average molecular weight is 642 g/mol. The molecule has 12 heteroatoms. The maximum atomic E-state index is 15.9. The Balaban J connectivity index is 1.26. The van der Waals surface area contributed by atoms with E-state index in [1.165, 1.54) is 0 Å². The van der Waals surface area contributed by atoms with Gasteiger partial charge in [-0.05, 0) is 105 Å². The summed E-state index contributed by atoms with van der Waals surface area (Å²) in [6.07, 6.45) is -3.45. The molecule has 43 heavy (non-hydrogen) atoms. The van der Waals surface area contributed by atoms with Crippen LogP contribution in [0.4, 0.5) is 26.3 Å². The molecule has 0 radical (unpaired) electrons. The van der Waals surface area contributed by atoms with E-state index in [0.29, 0.717) is 19.4 Å². The van der Waals surface area contributed by atoms with Gasteiger partial charge in [0.25, 0.3) is 0 Å². The van der Waals surface area contributed by atoms with Crippen molar-refractivity contribution in [1.82, 2.24) is 4.90 Å². The summed E-state index contributed by atoms with van der Waals surface area (Å²) in [6.45, 7) is 2.80.